The normalized spacial score (nSPS) is 11.5. The fourth-order valence-electron chi connectivity index (χ4n) is 7.87. The third-order valence-corrected chi connectivity index (χ3v) is 10.3. The predicted molar refractivity (Wildman–Crippen MR) is 220 cm³/mol. The molecule has 0 radical (unpaired) electrons. The SMILES string of the molecule is c1ccc(-c2c3ccccc3c(-c3ccc(N(c4ccccc4)c4ccc(-c5ccc6oc7ccccc7c6c5)cc4)cc3)c3ccccc23)cc1. The van der Waals surface area contributed by atoms with Gasteiger partial charge in [-0.2, -0.15) is 0 Å². The predicted octanol–water partition coefficient (Wildman–Crippen LogP) is 14.4. The first kappa shape index (κ1) is 30.0. The summed E-state index contributed by atoms with van der Waals surface area (Å²) in [5.74, 6) is 0. The Morgan fingerprint density at radius 3 is 1.25 bits per heavy atom. The van der Waals surface area contributed by atoms with E-state index in [-0.39, 0.29) is 0 Å². The highest BCUT2D eigenvalue weighted by Crippen LogP contribution is 2.44. The van der Waals surface area contributed by atoms with Gasteiger partial charge in [-0.25, -0.2) is 0 Å². The second-order valence-corrected chi connectivity index (χ2v) is 13.3. The number of rotatable bonds is 6. The molecule has 2 heteroatoms. The van der Waals surface area contributed by atoms with Crippen molar-refractivity contribution >= 4 is 60.5 Å². The van der Waals surface area contributed by atoms with Gasteiger partial charge in [0.1, 0.15) is 11.2 Å². The van der Waals surface area contributed by atoms with E-state index in [2.05, 4.69) is 193 Å². The molecule has 0 bridgehead atoms. The molecule has 0 saturated carbocycles. The van der Waals surface area contributed by atoms with Gasteiger partial charge < -0.3 is 9.32 Å². The van der Waals surface area contributed by atoms with Crippen molar-refractivity contribution in [1.29, 1.82) is 0 Å². The van der Waals surface area contributed by atoms with E-state index in [4.69, 9.17) is 4.42 Å². The molecule has 10 rings (SSSR count). The Balaban J connectivity index is 1.06. The summed E-state index contributed by atoms with van der Waals surface area (Å²) >= 11 is 0. The molecule has 0 atom stereocenters. The number of fused-ring (bicyclic) bond motifs is 5. The van der Waals surface area contributed by atoms with Crippen LogP contribution < -0.4 is 4.90 Å². The fraction of sp³-hybridized carbons (Fsp3) is 0. The zero-order valence-electron chi connectivity index (χ0n) is 28.4. The molecule has 1 heterocycles. The van der Waals surface area contributed by atoms with Gasteiger partial charge in [-0.1, -0.05) is 146 Å². The zero-order valence-corrected chi connectivity index (χ0v) is 28.4. The van der Waals surface area contributed by atoms with E-state index >= 15 is 0 Å². The molecule has 0 spiro atoms. The van der Waals surface area contributed by atoms with Crippen molar-refractivity contribution in [3.8, 4) is 33.4 Å². The summed E-state index contributed by atoms with van der Waals surface area (Å²) in [7, 11) is 0. The van der Waals surface area contributed by atoms with Crippen LogP contribution in [0.1, 0.15) is 0 Å². The Kier molecular flexibility index (Phi) is 7.18. The Morgan fingerprint density at radius 2 is 0.673 bits per heavy atom. The van der Waals surface area contributed by atoms with E-state index in [1.807, 2.05) is 12.1 Å². The Morgan fingerprint density at radius 1 is 0.269 bits per heavy atom. The minimum Gasteiger partial charge on any atom is -0.456 e. The van der Waals surface area contributed by atoms with Crippen LogP contribution in [0.3, 0.4) is 0 Å². The van der Waals surface area contributed by atoms with Crippen molar-refractivity contribution in [1.82, 2.24) is 0 Å². The standard InChI is InChI=1S/C50H33NO/c1-3-13-35(14-4-1)49-42-18-7-9-20-44(42)50(45-21-10-8-19-43(45)49)36-25-30-40(31-26-36)51(38-15-5-2-6-16-38)39-28-23-34(24-29-39)37-27-32-48-46(33-37)41-17-11-12-22-47(41)52-48/h1-33H. The van der Waals surface area contributed by atoms with Crippen molar-refractivity contribution < 1.29 is 4.42 Å². The number of furan rings is 1. The summed E-state index contributed by atoms with van der Waals surface area (Å²) in [6.45, 7) is 0. The minimum absolute atomic E-state index is 0.911. The molecule has 0 unspecified atom stereocenters. The summed E-state index contributed by atoms with van der Waals surface area (Å²) in [5, 5.41) is 7.31. The van der Waals surface area contributed by atoms with Crippen LogP contribution in [-0.4, -0.2) is 0 Å². The van der Waals surface area contributed by atoms with E-state index in [0.29, 0.717) is 0 Å². The molecule has 0 aliphatic carbocycles. The summed E-state index contributed by atoms with van der Waals surface area (Å²) < 4.78 is 6.09. The lowest BCUT2D eigenvalue weighted by Gasteiger charge is -2.26. The van der Waals surface area contributed by atoms with Gasteiger partial charge in [-0.05, 0) is 110 Å². The van der Waals surface area contributed by atoms with Crippen LogP contribution in [0, 0.1) is 0 Å². The Hall–Kier alpha value is -6.90. The molecular weight excluding hydrogens is 631 g/mol. The monoisotopic (exact) mass is 663 g/mol. The molecule has 244 valence electrons. The number of anilines is 3. The molecule has 0 fully saturated rings. The highest BCUT2D eigenvalue weighted by Gasteiger charge is 2.18. The van der Waals surface area contributed by atoms with Gasteiger partial charge in [0, 0.05) is 27.8 Å². The van der Waals surface area contributed by atoms with Crippen molar-refractivity contribution in [2.24, 2.45) is 0 Å². The quantitative estimate of drug-likeness (QED) is 0.165. The van der Waals surface area contributed by atoms with Crippen LogP contribution in [0.25, 0.3) is 76.9 Å². The van der Waals surface area contributed by atoms with E-state index in [1.165, 1.54) is 49.4 Å². The van der Waals surface area contributed by atoms with Crippen molar-refractivity contribution in [2.75, 3.05) is 4.90 Å². The Bertz CT molecular complexity index is 2810. The minimum atomic E-state index is 0.911. The number of nitrogens with zero attached hydrogens (tertiary/aromatic N) is 1. The molecule has 2 nitrogen and oxygen atoms in total. The lowest BCUT2D eigenvalue weighted by molar-refractivity contribution is 0.669. The van der Waals surface area contributed by atoms with Gasteiger partial charge in [0.2, 0.25) is 0 Å². The van der Waals surface area contributed by atoms with Crippen molar-refractivity contribution in [3.63, 3.8) is 0 Å². The average molecular weight is 664 g/mol. The smallest absolute Gasteiger partial charge is 0.135 e. The van der Waals surface area contributed by atoms with Gasteiger partial charge in [-0.15, -0.1) is 0 Å². The van der Waals surface area contributed by atoms with E-state index < -0.39 is 0 Å². The van der Waals surface area contributed by atoms with E-state index in [1.54, 1.807) is 0 Å². The fourth-order valence-corrected chi connectivity index (χ4v) is 7.87. The van der Waals surface area contributed by atoms with Crippen molar-refractivity contribution in [3.05, 3.63) is 200 Å². The number of benzene rings is 9. The van der Waals surface area contributed by atoms with Crippen LogP contribution in [0.4, 0.5) is 17.1 Å². The van der Waals surface area contributed by atoms with Crippen LogP contribution in [0.2, 0.25) is 0 Å². The summed E-state index contributed by atoms with van der Waals surface area (Å²) in [6.07, 6.45) is 0. The lowest BCUT2D eigenvalue weighted by atomic mass is 9.86. The second kappa shape index (κ2) is 12.5. The molecule has 10 aromatic rings. The summed E-state index contributed by atoms with van der Waals surface area (Å²) in [5.41, 5.74) is 12.4. The third-order valence-electron chi connectivity index (χ3n) is 10.3. The number of hydrogen-bond acceptors (Lipinski definition) is 2. The summed E-state index contributed by atoms with van der Waals surface area (Å²) in [6, 6.07) is 71.7. The van der Waals surface area contributed by atoms with E-state index in [9.17, 15) is 0 Å². The maximum atomic E-state index is 6.09. The summed E-state index contributed by atoms with van der Waals surface area (Å²) in [4.78, 5) is 2.33. The van der Waals surface area contributed by atoms with Crippen LogP contribution in [-0.2, 0) is 0 Å². The van der Waals surface area contributed by atoms with E-state index in [0.717, 1.165) is 44.6 Å². The molecule has 1 aromatic heterocycles. The van der Waals surface area contributed by atoms with Gasteiger partial charge in [-0.3, -0.25) is 0 Å². The first-order chi connectivity index (χ1) is 25.8. The molecule has 0 saturated heterocycles. The van der Waals surface area contributed by atoms with Crippen LogP contribution in [0.15, 0.2) is 205 Å². The zero-order chi connectivity index (χ0) is 34.4. The number of hydrogen-bond donors (Lipinski definition) is 0. The van der Waals surface area contributed by atoms with Gasteiger partial charge in [0.05, 0.1) is 0 Å². The molecule has 0 aliphatic rings. The molecule has 0 N–H and O–H groups in total. The van der Waals surface area contributed by atoms with Gasteiger partial charge >= 0.3 is 0 Å². The molecular formula is C50H33NO. The lowest BCUT2D eigenvalue weighted by Crippen LogP contribution is -2.09. The van der Waals surface area contributed by atoms with Crippen LogP contribution in [0.5, 0.6) is 0 Å². The van der Waals surface area contributed by atoms with Gasteiger partial charge in [0.15, 0.2) is 0 Å². The molecule has 52 heavy (non-hydrogen) atoms. The highest BCUT2D eigenvalue weighted by atomic mass is 16.3. The number of para-hydroxylation sites is 2. The maximum absolute atomic E-state index is 6.09. The van der Waals surface area contributed by atoms with Crippen LogP contribution >= 0.6 is 0 Å². The Labute approximate surface area is 302 Å². The third kappa shape index (κ3) is 5.04. The highest BCUT2D eigenvalue weighted by molar-refractivity contribution is 6.21. The first-order valence-electron chi connectivity index (χ1n) is 17.8. The molecule has 0 aliphatic heterocycles. The van der Waals surface area contributed by atoms with Crippen molar-refractivity contribution in [2.45, 2.75) is 0 Å². The molecule has 0 amide bonds. The first-order valence-corrected chi connectivity index (χ1v) is 17.8. The second-order valence-electron chi connectivity index (χ2n) is 13.3. The maximum Gasteiger partial charge on any atom is 0.135 e. The van der Waals surface area contributed by atoms with Gasteiger partial charge in [0.25, 0.3) is 0 Å². The average Bonchev–Trinajstić information content (AvgIpc) is 3.59. The molecule has 9 aromatic carbocycles. The topological polar surface area (TPSA) is 16.4 Å². The largest absolute Gasteiger partial charge is 0.456 e.